The van der Waals surface area contributed by atoms with Crippen LogP contribution in [0.3, 0.4) is 0 Å². The van der Waals surface area contributed by atoms with Gasteiger partial charge in [0, 0.05) is 25.2 Å². The summed E-state index contributed by atoms with van der Waals surface area (Å²) < 4.78 is 48.6. The van der Waals surface area contributed by atoms with Gasteiger partial charge >= 0.3 is 18.6 Å². The van der Waals surface area contributed by atoms with E-state index in [9.17, 15) is 18.4 Å². The molecule has 1 N–H and O–H groups in total. The molecule has 0 spiro atoms. The zero-order chi connectivity index (χ0) is 27.2. The van der Waals surface area contributed by atoms with Gasteiger partial charge in [0.2, 0.25) is 0 Å². The average molecular weight is 570 g/mol. The summed E-state index contributed by atoms with van der Waals surface area (Å²) >= 11 is 12.6. The number of H-pyrrole nitrogens is 1. The Hall–Kier alpha value is -3.37. The van der Waals surface area contributed by atoms with E-state index < -0.39 is 31.3 Å². The molecule has 1 saturated carbocycles. The standard InChI is InChI=1S/C26H24Cl2F2N2O6/c1-32-8-2-3-20(32)25(34)36-14-24(33)37-22(10-17-18(27)11-31-12-19(17)28)16-6-7-21(38-26(29)30)23(9-16)35-13-15-4-5-15/h2-3,6-9,11-12,15,22,26H,4-5,10,13-14H2,1H3/p+1/t22-/m0/s1. The van der Waals surface area contributed by atoms with Crippen LogP contribution in [0.5, 0.6) is 11.5 Å². The molecule has 0 bridgehead atoms. The lowest BCUT2D eigenvalue weighted by Crippen LogP contribution is -2.21. The molecule has 3 aromatic rings. The lowest BCUT2D eigenvalue weighted by atomic mass is 10.0. The van der Waals surface area contributed by atoms with E-state index in [2.05, 4.69) is 9.72 Å². The highest BCUT2D eigenvalue weighted by molar-refractivity contribution is 6.35. The van der Waals surface area contributed by atoms with Crippen molar-refractivity contribution in [3.05, 3.63) is 75.8 Å². The van der Waals surface area contributed by atoms with Crippen LogP contribution in [0, 0.1) is 5.92 Å². The van der Waals surface area contributed by atoms with Crippen molar-refractivity contribution in [1.82, 2.24) is 4.57 Å². The molecule has 12 heteroatoms. The predicted molar refractivity (Wildman–Crippen MR) is 133 cm³/mol. The monoisotopic (exact) mass is 569 g/mol. The van der Waals surface area contributed by atoms with Gasteiger partial charge in [0.25, 0.3) is 0 Å². The van der Waals surface area contributed by atoms with Crippen LogP contribution < -0.4 is 14.5 Å². The SMILES string of the molecule is Cn1cccc1C(=O)OCC(=O)O[C@@H](Cc1c(Cl)c[nH+]cc1Cl)c1ccc(OC(F)F)c(OCC2CC2)c1. The van der Waals surface area contributed by atoms with E-state index in [1.54, 1.807) is 29.9 Å². The van der Waals surface area contributed by atoms with Gasteiger partial charge in [-0.1, -0.05) is 29.3 Å². The molecule has 1 aliphatic carbocycles. The molecule has 0 radical (unpaired) electrons. The second-order valence-electron chi connectivity index (χ2n) is 8.73. The van der Waals surface area contributed by atoms with Crippen molar-refractivity contribution in [2.75, 3.05) is 13.2 Å². The number of aryl methyl sites for hydroxylation is 1. The van der Waals surface area contributed by atoms with Gasteiger partial charge in [-0.25, -0.2) is 14.6 Å². The lowest BCUT2D eigenvalue weighted by Gasteiger charge is -2.21. The molecular formula is C26H25Cl2F2N2O6+. The highest BCUT2D eigenvalue weighted by Gasteiger charge is 2.26. The van der Waals surface area contributed by atoms with E-state index >= 15 is 0 Å². The van der Waals surface area contributed by atoms with Crippen LogP contribution in [0.25, 0.3) is 0 Å². The number of esters is 2. The Bertz CT molecular complexity index is 1280. The van der Waals surface area contributed by atoms with E-state index in [4.69, 9.17) is 37.4 Å². The zero-order valence-electron chi connectivity index (χ0n) is 20.3. The molecule has 0 saturated heterocycles. The number of halogens is 4. The predicted octanol–water partition coefficient (Wildman–Crippen LogP) is 5.22. The summed E-state index contributed by atoms with van der Waals surface area (Å²) in [5.41, 5.74) is 1.17. The Kier molecular flexibility index (Phi) is 9.06. The number of aromatic nitrogens is 2. The lowest BCUT2D eigenvalue weighted by molar-refractivity contribution is -0.377. The number of pyridine rings is 1. The van der Waals surface area contributed by atoms with Gasteiger partial charge in [-0.15, -0.1) is 0 Å². The minimum atomic E-state index is -3.05. The van der Waals surface area contributed by atoms with Gasteiger partial charge in [0.15, 0.2) is 30.5 Å². The molecule has 2 heterocycles. The van der Waals surface area contributed by atoms with Gasteiger partial charge < -0.3 is 23.5 Å². The fraction of sp³-hybridized carbons (Fsp3) is 0.346. The summed E-state index contributed by atoms with van der Waals surface area (Å²) in [5.74, 6) is -1.23. The molecule has 1 aliphatic rings. The van der Waals surface area contributed by atoms with Crippen LogP contribution in [0.15, 0.2) is 48.9 Å². The Morgan fingerprint density at radius 2 is 1.87 bits per heavy atom. The Morgan fingerprint density at radius 1 is 1.13 bits per heavy atom. The van der Waals surface area contributed by atoms with Crippen LogP contribution in [-0.4, -0.2) is 36.3 Å². The number of nitrogens with one attached hydrogen (secondary N) is 1. The third-order valence-electron chi connectivity index (χ3n) is 5.86. The number of benzene rings is 1. The van der Waals surface area contributed by atoms with E-state index in [1.807, 2.05) is 0 Å². The quantitative estimate of drug-likeness (QED) is 0.278. The zero-order valence-corrected chi connectivity index (χ0v) is 21.8. The van der Waals surface area contributed by atoms with Gasteiger partial charge in [0.05, 0.1) is 6.61 Å². The number of nitrogens with zero attached hydrogens (tertiary/aromatic N) is 1. The highest BCUT2D eigenvalue weighted by atomic mass is 35.5. The second-order valence-corrected chi connectivity index (χ2v) is 9.55. The first-order chi connectivity index (χ1) is 18.2. The average Bonchev–Trinajstić information content (AvgIpc) is 3.61. The van der Waals surface area contributed by atoms with Crippen molar-refractivity contribution < 1.29 is 42.3 Å². The fourth-order valence-electron chi connectivity index (χ4n) is 3.67. The van der Waals surface area contributed by atoms with Crippen molar-refractivity contribution in [2.45, 2.75) is 32.0 Å². The number of hydrogen-bond acceptors (Lipinski definition) is 6. The van der Waals surface area contributed by atoms with Crippen molar-refractivity contribution in [3.8, 4) is 11.5 Å². The van der Waals surface area contributed by atoms with Gasteiger partial charge in [-0.2, -0.15) is 8.78 Å². The maximum Gasteiger partial charge on any atom is 0.387 e. The molecule has 8 nitrogen and oxygen atoms in total. The van der Waals surface area contributed by atoms with E-state index in [0.717, 1.165) is 12.8 Å². The molecule has 1 atom stereocenters. The third-order valence-corrected chi connectivity index (χ3v) is 6.54. The minimum Gasteiger partial charge on any atom is -0.489 e. The molecule has 1 fully saturated rings. The molecule has 2 aromatic heterocycles. The summed E-state index contributed by atoms with van der Waals surface area (Å²) in [5, 5.41) is 0.605. The Morgan fingerprint density at radius 3 is 2.50 bits per heavy atom. The van der Waals surface area contributed by atoms with Crippen molar-refractivity contribution in [2.24, 2.45) is 13.0 Å². The Balaban J connectivity index is 1.56. The minimum absolute atomic E-state index is 0.0426. The largest absolute Gasteiger partial charge is 0.489 e. The summed E-state index contributed by atoms with van der Waals surface area (Å²) in [6, 6.07) is 7.50. The summed E-state index contributed by atoms with van der Waals surface area (Å²) in [6.07, 6.45) is 5.77. The summed E-state index contributed by atoms with van der Waals surface area (Å²) in [4.78, 5) is 27.8. The Labute approximate surface area is 227 Å². The number of carbonyl (C=O) groups excluding carboxylic acids is 2. The van der Waals surface area contributed by atoms with Gasteiger partial charge in [0.1, 0.15) is 21.8 Å². The van der Waals surface area contributed by atoms with E-state index in [1.165, 1.54) is 30.6 Å². The summed E-state index contributed by atoms with van der Waals surface area (Å²) in [6.45, 7) is -3.36. The van der Waals surface area contributed by atoms with E-state index in [0.29, 0.717) is 33.7 Å². The van der Waals surface area contributed by atoms with Crippen molar-refractivity contribution >= 4 is 35.1 Å². The molecular weight excluding hydrogens is 545 g/mol. The molecule has 0 unspecified atom stereocenters. The second kappa shape index (κ2) is 12.4. The number of aromatic amines is 1. The van der Waals surface area contributed by atoms with Crippen molar-refractivity contribution in [1.29, 1.82) is 0 Å². The van der Waals surface area contributed by atoms with Crippen LogP contribution in [0.2, 0.25) is 10.0 Å². The number of rotatable bonds is 12. The molecule has 38 heavy (non-hydrogen) atoms. The maximum absolute atomic E-state index is 13.0. The number of ether oxygens (including phenoxy) is 4. The number of carbonyl (C=O) groups is 2. The first-order valence-electron chi connectivity index (χ1n) is 11.7. The van der Waals surface area contributed by atoms with Crippen LogP contribution in [-0.2, 0) is 27.7 Å². The molecule has 4 rings (SSSR count). The maximum atomic E-state index is 13.0. The highest BCUT2D eigenvalue weighted by Crippen LogP contribution is 2.37. The molecule has 202 valence electrons. The molecule has 1 aromatic carbocycles. The number of hydrogen-bond donors (Lipinski definition) is 0. The van der Waals surface area contributed by atoms with Crippen LogP contribution in [0.1, 0.15) is 40.6 Å². The normalized spacial score (nSPS) is 13.7. The number of alkyl halides is 2. The third kappa shape index (κ3) is 7.35. The first-order valence-corrected chi connectivity index (χ1v) is 12.5. The smallest absolute Gasteiger partial charge is 0.387 e. The van der Waals surface area contributed by atoms with Gasteiger partial charge in [-0.05, 0) is 48.6 Å². The first kappa shape index (κ1) is 27.7. The topological polar surface area (TPSA) is 90.1 Å². The van der Waals surface area contributed by atoms with Crippen LogP contribution in [0.4, 0.5) is 8.78 Å². The fourth-order valence-corrected chi connectivity index (χ4v) is 4.20. The van der Waals surface area contributed by atoms with E-state index in [-0.39, 0.29) is 23.6 Å². The van der Waals surface area contributed by atoms with Crippen molar-refractivity contribution in [3.63, 3.8) is 0 Å². The molecule has 0 amide bonds. The van der Waals surface area contributed by atoms with Crippen LogP contribution >= 0.6 is 23.2 Å². The summed E-state index contributed by atoms with van der Waals surface area (Å²) in [7, 11) is 1.67. The molecule has 0 aliphatic heterocycles. The van der Waals surface area contributed by atoms with Gasteiger partial charge in [-0.3, -0.25) is 0 Å².